The van der Waals surface area contributed by atoms with E-state index in [9.17, 15) is 0 Å². The van der Waals surface area contributed by atoms with E-state index in [-0.39, 0.29) is 47.9 Å². The number of methoxy groups -OCH3 is 1. The molecule has 58 valence electrons. The van der Waals surface area contributed by atoms with Crippen LogP contribution in [0.1, 0.15) is 0 Å². The maximum Gasteiger partial charge on any atom is 2.00 e. The van der Waals surface area contributed by atoms with Crippen LogP contribution in [-0.4, -0.2) is 30.2 Å². The fourth-order valence-electron chi connectivity index (χ4n) is 0.557. The van der Waals surface area contributed by atoms with Crippen LogP contribution in [0.5, 0.6) is 5.75 Å². The Bertz CT molecular complexity index is 158. The van der Waals surface area contributed by atoms with Crippen LogP contribution >= 0.6 is 0 Å². The SMILES string of the molecule is COc1ccccc1.[Cl-].[Cl-].[Mg+2]. The summed E-state index contributed by atoms with van der Waals surface area (Å²) in [6.07, 6.45) is 0. The first-order valence-electron chi connectivity index (χ1n) is 2.52. The predicted molar refractivity (Wildman–Crippen MR) is 38.7 cm³/mol. The Morgan fingerprint density at radius 3 is 1.73 bits per heavy atom. The molecule has 11 heavy (non-hydrogen) atoms. The Morgan fingerprint density at radius 2 is 1.45 bits per heavy atom. The van der Waals surface area contributed by atoms with E-state index >= 15 is 0 Å². The van der Waals surface area contributed by atoms with Gasteiger partial charge in [-0.3, -0.25) is 0 Å². The maximum absolute atomic E-state index is 4.91. The molecule has 0 amide bonds. The Morgan fingerprint density at radius 1 is 1.00 bits per heavy atom. The van der Waals surface area contributed by atoms with Crippen LogP contribution in [0.4, 0.5) is 0 Å². The summed E-state index contributed by atoms with van der Waals surface area (Å²) in [4.78, 5) is 0. The third kappa shape index (κ3) is 6.75. The first-order chi connectivity index (χ1) is 3.93. The second kappa shape index (κ2) is 10.4. The molecule has 1 aromatic carbocycles. The second-order valence-corrected chi connectivity index (χ2v) is 1.52. The molecule has 4 heteroatoms. The molecule has 0 atom stereocenters. The van der Waals surface area contributed by atoms with Crippen LogP contribution < -0.4 is 29.6 Å². The van der Waals surface area contributed by atoms with Crippen molar-refractivity contribution in [2.75, 3.05) is 7.11 Å². The van der Waals surface area contributed by atoms with Crippen molar-refractivity contribution >= 4 is 23.1 Å². The van der Waals surface area contributed by atoms with Crippen LogP contribution in [0.25, 0.3) is 0 Å². The smallest absolute Gasteiger partial charge is 1.00 e. The van der Waals surface area contributed by atoms with Gasteiger partial charge in [-0.15, -0.1) is 0 Å². The average molecular weight is 203 g/mol. The third-order valence-electron chi connectivity index (χ3n) is 0.979. The molecule has 0 saturated heterocycles. The van der Waals surface area contributed by atoms with E-state index in [1.54, 1.807) is 7.11 Å². The predicted octanol–water partition coefficient (Wildman–Crippen LogP) is -4.68. The zero-order valence-corrected chi connectivity index (χ0v) is 9.18. The molecular formula is C7H8Cl2MgO. The van der Waals surface area contributed by atoms with Gasteiger partial charge in [0, 0.05) is 0 Å². The van der Waals surface area contributed by atoms with E-state index in [1.165, 1.54) is 0 Å². The van der Waals surface area contributed by atoms with Crippen LogP contribution in [0.3, 0.4) is 0 Å². The zero-order chi connectivity index (χ0) is 5.82. The molecule has 0 aromatic heterocycles. The molecule has 0 spiro atoms. The molecule has 0 radical (unpaired) electrons. The minimum absolute atomic E-state index is 0. The molecule has 0 saturated carbocycles. The summed E-state index contributed by atoms with van der Waals surface area (Å²) in [5.41, 5.74) is 0. The third-order valence-corrected chi connectivity index (χ3v) is 0.979. The van der Waals surface area contributed by atoms with Gasteiger partial charge in [0.15, 0.2) is 0 Å². The van der Waals surface area contributed by atoms with Crippen molar-refractivity contribution < 1.29 is 29.6 Å². The van der Waals surface area contributed by atoms with Crippen LogP contribution in [0.2, 0.25) is 0 Å². The minimum atomic E-state index is 0. The molecule has 0 aliphatic rings. The van der Waals surface area contributed by atoms with Gasteiger partial charge in [-0.2, -0.15) is 0 Å². The molecule has 0 N–H and O–H groups in total. The standard InChI is InChI=1S/C7H8O.2ClH.Mg/c1-8-7-5-3-2-4-6-7;;;/h2-6H,1H3;2*1H;/q;;;+2/p-2. The molecule has 1 nitrogen and oxygen atoms in total. The number of hydrogen-bond acceptors (Lipinski definition) is 1. The first kappa shape index (κ1) is 17.5. The summed E-state index contributed by atoms with van der Waals surface area (Å²) < 4.78 is 4.91. The Hall–Kier alpha value is 0.366. The molecule has 0 fully saturated rings. The number of ether oxygens (including phenoxy) is 1. The summed E-state index contributed by atoms with van der Waals surface area (Å²) in [6, 6.07) is 9.68. The number of para-hydroxylation sites is 1. The molecule has 0 heterocycles. The Kier molecular flexibility index (Phi) is 16.4. The van der Waals surface area contributed by atoms with Gasteiger partial charge < -0.3 is 29.6 Å². The van der Waals surface area contributed by atoms with Gasteiger partial charge in [-0.25, -0.2) is 0 Å². The molecule has 1 rings (SSSR count). The van der Waals surface area contributed by atoms with E-state index in [4.69, 9.17) is 4.74 Å². The monoisotopic (exact) mass is 202 g/mol. The van der Waals surface area contributed by atoms with E-state index in [0.29, 0.717) is 0 Å². The Balaban J connectivity index is -0.000000213. The van der Waals surface area contributed by atoms with Crippen molar-refractivity contribution in [1.82, 2.24) is 0 Å². The van der Waals surface area contributed by atoms with Crippen LogP contribution in [0, 0.1) is 0 Å². The normalized spacial score (nSPS) is 6.27. The van der Waals surface area contributed by atoms with Gasteiger partial charge in [0.25, 0.3) is 0 Å². The maximum atomic E-state index is 4.91. The van der Waals surface area contributed by atoms with Gasteiger partial charge in [-0.1, -0.05) is 18.2 Å². The molecule has 0 unspecified atom stereocenters. The summed E-state index contributed by atoms with van der Waals surface area (Å²) in [5, 5.41) is 0. The summed E-state index contributed by atoms with van der Waals surface area (Å²) in [5.74, 6) is 0.910. The number of benzene rings is 1. The molecule has 1 aromatic rings. The summed E-state index contributed by atoms with van der Waals surface area (Å²) >= 11 is 0. The van der Waals surface area contributed by atoms with Gasteiger partial charge in [-0.05, 0) is 12.1 Å². The second-order valence-electron chi connectivity index (χ2n) is 1.52. The van der Waals surface area contributed by atoms with Gasteiger partial charge in [0.05, 0.1) is 7.11 Å². The van der Waals surface area contributed by atoms with E-state index in [1.807, 2.05) is 30.3 Å². The fourth-order valence-corrected chi connectivity index (χ4v) is 0.557. The molecular weight excluding hydrogens is 195 g/mol. The molecule has 0 bridgehead atoms. The van der Waals surface area contributed by atoms with Crippen molar-refractivity contribution in [3.63, 3.8) is 0 Å². The largest absolute Gasteiger partial charge is 2.00 e. The minimum Gasteiger partial charge on any atom is -1.00 e. The van der Waals surface area contributed by atoms with Gasteiger partial charge >= 0.3 is 23.1 Å². The van der Waals surface area contributed by atoms with Crippen molar-refractivity contribution in [3.8, 4) is 5.75 Å². The topological polar surface area (TPSA) is 9.23 Å². The average Bonchev–Trinajstić information content (AvgIpc) is 1.90. The first-order valence-corrected chi connectivity index (χ1v) is 2.52. The number of hydrogen-bond donors (Lipinski definition) is 0. The van der Waals surface area contributed by atoms with Crippen LogP contribution in [0.15, 0.2) is 30.3 Å². The van der Waals surface area contributed by atoms with Crippen molar-refractivity contribution in [2.45, 2.75) is 0 Å². The summed E-state index contributed by atoms with van der Waals surface area (Å²) in [6.45, 7) is 0. The number of rotatable bonds is 1. The van der Waals surface area contributed by atoms with Crippen molar-refractivity contribution in [1.29, 1.82) is 0 Å². The molecule has 0 aliphatic heterocycles. The zero-order valence-electron chi connectivity index (χ0n) is 6.26. The van der Waals surface area contributed by atoms with Crippen molar-refractivity contribution in [2.24, 2.45) is 0 Å². The van der Waals surface area contributed by atoms with Gasteiger partial charge in [0.1, 0.15) is 5.75 Å². The van der Waals surface area contributed by atoms with E-state index in [0.717, 1.165) is 5.75 Å². The van der Waals surface area contributed by atoms with E-state index < -0.39 is 0 Å². The quantitative estimate of drug-likeness (QED) is 0.417. The van der Waals surface area contributed by atoms with Gasteiger partial charge in [0.2, 0.25) is 0 Å². The number of halogens is 2. The summed E-state index contributed by atoms with van der Waals surface area (Å²) in [7, 11) is 1.66. The Labute approximate surface area is 95.5 Å². The van der Waals surface area contributed by atoms with E-state index in [2.05, 4.69) is 0 Å². The van der Waals surface area contributed by atoms with Crippen molar-refractivity contribution in [3.05, 3.63) is 30.3 Å². The van der Waals surface area contributed by atoms with Crippen LogP contribution in [-0.2, 0) is 0 Å². The molecule has 0 aliphatic carbocycles. The fraction of sp³-hybridized carbons (Fsp3) is 0.143.